The van der Waals surface area contributed by atoms with Crippen LogP contribution < -0.4 is 15.1 Å². The van der Waals surface area contributed by atoms with Crippen LogP contribution in [0.1, 0.15) is 18.4 Å². The molecular formula is C23H22BF3N2O4. The van der Waals surface area contributed by atoms with E-state index in [1.807, 2.05) is 36.7 Å². The van der Waals surface area contributed by atoms with Gasteiger partial charge in [-0.15, -0.1) is 13.2 Å². The molecule has 0 fully saturated rings. The molecule has 1 heterocycles. The van der Waals surface area contributed by atoms with Gasteiger partial charge in [0.1, 0.15) is 23.9 Å². The molecule has 0 bridgehead atoms. The van der Waals surface area contributed by atoms with Crippen LogP contribution in [0.5, 0.6) is 11.5 Å². The number of imidazole rings is 1. The van der Waals surface area contributed by atoms with E-state index in [0.717, 1.165) is 11.2 Å². The summed E-state index contributed by atoms with van der Waals surface area (Å²) in [6.07, 6.45) is 0.999. The second kappa shape index (κ2) is 10.8. The van der Waals surface area contributed by atoms with Crippen LogP contribution in [0, 0.1) is 0 Å². The van der Waals surface area contributed by atoms with Gasteiger partial charge in [-0.1, -0.05) is 30.4 Å². The van der Waals surface area contributed by atoms with Crippen molar-refractivity contribution in [1.82, 2.24) is 9.55 Å². The summed E-state index contributed by atoms with van der Waals surface area (Å²) in [6.45, 7) is 0.744. The van der Waals surface area contributed by atoms with Crippen LogP contribution in [0.15, 0.2) is 66.9 Å². The number of para-hydroxylation sites is 1. The van der Waals surface area contributed by atoms with Crippen LogP contribution in [0.2, 0.25) is 0 Å². The van der Waals surface area contributed by atoms with Gasteiger partial charge in [-0.05, 0) is 42.3 Å². The molecule has 3 aromatic rings. The first-order valence-electron chi connectivity index (χ1n) is 10.2. The molecule has 172 valence electrons. The van der Waals surface area contributed by atoms with Crippen LogP contribution >= 0.6 is 0 Å². The van der Waals surface area contributed by atoms with Crippen molar-refractivity contribution >= 4 is 19.4 Å². The Morgan fingerprint density at radius 3 is 2.55 bits per heavy atom. The van der Waals surface area contributed by atoms with Gasteiger partial charge >= 0.3 is 12.3 Å². The maximum Gasteiger partial charge on any atom is 0.573 e. The van der Waals surface area contributed by atoms with Crippen LogP contribution in [-0.2, 0) is 11.3 Å². The third-order valence-corrected chi connectivity index (χ3v) is 4.73. The Hall–Kier alpha value is -3.69. The van der Waals surface area contributed by atoms with Crippen molar-refractivity contribution in [3.63, 3.8) is 0 Å². The maximum absolute atomic E-state index is 12.4. The largest absolute Gasteiger partial charge is 0.573 e. The fourth-order valence-corrected chi connectivity index (χ4v) is 3.17. The van der Waals surface area contributed by atoms with Gasteiger partial charge in [0.05, 0.1) is 6.54 Å². The molecule has 0 saturated heterocycles. The molecule has 0 radical (unpaired) electrons. The molecule has 0 aliphatic carbocycles. The minimum absolute atomic E-state index is 0.0685. The third-order valence-electron chi connectivity index (χ3n) is 4.73. The Labute approximate surface area is 189 Å². The average molecular weight is 458 g/mol. The molecule has 1 aromatic heterocycles. The highest BCUT2D eigenvalue weighted by atomic mass is 19.4. The lowest BCUT2D eigenvalue weighted by Gasteiger charge is -2.15. The number of halogens is 3. The summed E-state index contributed by atoms with van der Waals surface area (Å²) in [6, 6.07) is 13.1. The molecule has 10 heteroatoms. The second-order valence-corrected chi connectivity index (χ2v) is 7.20. The van der Waals surface area contributed by atoms with E-state index in [-0.39, 0.29) is 12.2 Å². The quantitative estimate of drug-likeness (QED) is 0.372. The highest BCUT2D eigenvalue weighted by molar-refractivity contribution is 6.31. The SMILES string of the molecule is Bc1cnc(-c2ccc(OC(F)(F)F)cc2)n1Cc1ccccc1OC/C=C/CCC(=O)O. The maximum atomic E-state index is 12.4. The molecule has 3 rings (SSSR count). The zero-order chi connectivity index (χ0) is 23.8. The topological polar surface area (TPSA) is 73.6 Å². The summed E-state index contributed by atoms with van der Waals surface area (Å²) in [7, 11) is 1.90. The lowest BCUT2D eigenvalue weighted by molar-refractivity contribution is -0.274. The number of nitrogens with zero attached hydrogens (tertiary/aromatic N) is 2. The number of aliphatic carboxylic acids is 1. The van der Waals surface area contributed by atoms with Gasteiger partial charge in [0.15, 0.2) is 7.85 Å². The number of aromatic nitrogens is 2. The fraction of sp³-hybridized carbons (Fsp3) is 0.217. The van der Waals surface area contributed by atoms with Crippen molar-refractivity contribution in [1.29, 1.82) is 0 Å². The number of carbonyl (C=O) groups is 1. The predicted molar refractivity (Wildman–Crippen MR) is 120 cm³/mol. The highest BCUT2D eigenvalue weighted by Gasteiger charge is 2.31. The zero-order valence-electron chi connectivity index (χ0n) is 17.9. The van der Waals surface area contributed by atoms with E-state index in [9.17, 15) is 18.0 Å². The van der Waals surface area contributed by atoms with E-state index in [0.29, 0.717) is 36.7 Å². The average Bonchev–Trinajstić information content (AvgIpc) is 3.11. The van der Waals surface area contributed by atoms with E-state index in [1.165, 1.54) is 24.3 Å². The van der Waals surface area contributed by atoms with E-state index in [2.05, 4.69) is 9.72 Å². The lowest BCUT2D eigenvalue weighted by atomic mass is 10.1. The number of carboxylic acids is 1. The third kappa shape index (κ3) is 7.16. The van der Waals surface area contributed by atoms with Gasteiger partial charge in [-0.2, -0.15) is 0 Å². The summed E-state index contributed by atoms with van der Waals surface area (Å²) in [4.78, 5) is 15.0. The molecule has 2 aromatic carbocycles. The molecule has 0 spiro atoms. The highest BCUT2D eigenvalue weighted by Crippen LogP contribution is 2.27. The van der Waals surface area contributed by atoms with E-state index < -0.39 is 12.3 Å². The number of hydrogen-bond donors (Lipinski definition) is 1. The monoisotopic (exact) mass is 458 g/mol. The molecule has 0 aliphatic rings. The Balaban J connectivity index is 1.74. The molecule has 1 N–H and O–H groups in total. The minimum Gasteiger partial charge on any atom is -0.489 e. The van der Waals surface area contributed by atoms with Crippen molar-refractivity contribution < 1.29 is 32.5 Å². The lowest BCUT2D eigenvalue weighted by Crippen LogP contribution is -2.19. The summed E-state index contributed by atoms with van der Waals surface area (Å²) in [5.74, 6) is 0.138. The van der Waals surface area contributed by atoms with E-state index in [4.69, 9.17) is 9.84 Å². The zero-order valence-corrected chi connectivity index (χ0v) is 17.9. The molecule has 0 unspecified atom stereocenters. The summed E-state index contributed by atoms with van der Waals surface area (Å²) < 4.78 is 49.0. The van der Waals surface area contributed by atoms with Crippen molar-refractivity contribution in [3.8, 4) is 22.9 Å². The second-order valence-electron chi connectivity index (χ2n) is 7.20. The fourth-order valence-electron chi connectivity index (χ4n) is 3.17. The molecular weight excluding hydrogens is 436 g/mol. The summed E-state index contributed by atoms with van der Waals surface area (Å²) in [5.41, 5.74) is 2.43. The molecule has 0 aliphatic heterocycles. The Morgan fingerprint density at radius 1 is 1.12 bits per heavy atom. The Morgan fingerprint density at radius 2 is 1.85 bits per heavy atom. The number of carboxylic acid groups (broad SMARTS) is 1. The van der Waals surface area contributed by atoms with Crippen LogP contribution in [0.3, 0.4) is 0 Å². The van der Waals surface area contributed by atoms with Gasteiger partial charge < -0.3 is 19.1 Å². The first kappa shape index (κ1) is 24.0. The number of allylic oxidation sites excluding steroid dienone is 1. The van der Waals surface area contributed by atoms with Gasteiger partial charge in [0.2, 0.25) is 0 Å². The molecule has 33 heavy (non-hydrogen) atoms. The first-order chi connectivity index (χ1) is 15.7. The Kier molecular flexibility index (Phi) is 7.81. The van der Waals surface area contributed by atoms with Crippen LogP contribution in [-0.4, -0.2) is 41.4 Å². The van der Waals surface area contributed by atoms with Gasteiger partial charge in [-0.3, -0.25) is 4.79 Å². The van der Waals surface area contributed by atoms with Gasteiger partial charge in [0, 0.05) is 23.7 Å². The summed E-state index contributed by atoms with van der Waals surface area (Å²) >= 11 is 0. The van der Waals surface area contributed by atoms with Crippen molar-refractivity contribution in [2.24, 2.45) is 0 Å². The predicted octanol–water partition coefficient (Wildman–Crippen LogP) is 3.56. The normalized spacial score (nSPS) is 11.6. The van der Waals surface area contributed by atoms with Crippen molar-refractivity contribution in [2.75, 3.05) is 6.61 Å². The molecule has 0 atom stereocenters. The van der Waals surface area contributed by atoms with Crippen molar-refractivity contribution in [2.45, 2.75) is 25.7 Å². The molecule has 0 saturated carbocycles. The number of benzene rings is 2. The van der Waals surface area contributed by atoms with Crippen molar-refractivity contribution in [3.05, 3.63) is 72.4 Å². The van der Waals surface area contributed by atoms with Crippen LogP contribution in [0.4, 0.5) is 13.2 Å². The number of hydrogen-bond acceptors (Lipinski definition) is 4. The number of rotatable bonds is 10. The molecule has 0 amide bonds. The smallest absolute Gasteiger partial charge is 0.489 e. The van der Waals surface area contributed by atoms with Gasteiger partial charge in [-0.25, -0.2) is 4.98 Å². The number of alkyl halides is 3. The van der Waals surface area contributed by atoms with Gasteiger partial charge in [0.25, 0.3) is 0 Å². The summed E-state index contributed by atoms with van der Waals surface area (Å²) in [5, 5.41) is 8.67. The number of ether oxygens (including phenoxy) is 2. The standard InChI is InChI=1S/C23H22BF3N2O4/c24-20-14-28-22(16-9-11-18(12-10-16)33-23(25,26)27)29(20)15-17-6-3-4-7-19(17)32-13-5-1-2-8-21(30)31/h1,3-7,9-12,14H,2,8,13,15,24H2,(H,30,31)/b5-1+. The van der Waals surface area contributed by atoms with Crippen LogP contribution in [0.25, 0.3) is 11.4 Å². The van der Waals surface area contributed by atoms with E-state index in [1.54, 1.807) is 18.3 Å². The molecule has 6 nitrogen and oxygen atoms in total. The Bertz CT molecular complexity index is 1110. The minimum atomic E-state index is -4.74. The first-order valence-corrected chi connectivity index (χ1v) is 10.2. The van der Waals surface area contributed by atoms with E-state index >= 15 is 0 Å².